The molecule has 3 rings (SSSR count). The van der Waals surface area contributed by atoms with Gasteiger partial charge in [0.2, 0.25) is 0 Å². The first-order valence-electron chi connectivity index (χ1n) is 6.43. The molecule has 0 bridgehead atoms. The molecular weight excluding hydrogens is 330 g/mol. The summed E-state index contributed by atoms with van der Waals surface area (Å²) in [6, 6.07) is 17.6. The Hall–Kier alpha value is -2.20. The molecule has 1 aromatic heterocycles. The fourth-order valence-electron chi connectivity index (χ4n) is 2.28. The minimum absolute atomic E-state index is 0.302. The maximum Gasteiger partial charge on any atom is 0.356 e. The summed E-state index contributed by atoms with van der Waals surface area (Å²) < 4.78 is 5.65. The number of aromatic nitrogens is 1. The van der Waals surface area contributed by atoms with Crippen LogP contribution in [0.5, 0.6) is 0 Å². The Morgan fingerprint density at radius 2 is 1.86 bits per heavy atom. The van der Waals surface area contributed by atoms with Crippen LogP contribution in [0, 0.1) is 0 Å². The number of pyridine rings is 1. The van der Waals surface area contributed by atoms with E-state index >= 15 is 0 Å². The number of carbonyl (C=O) groups is 1. The number of nitrogens with zero attached hydrogens (tertiary/aromatic N) is 1. The molecule has 1 heterocycles. The lowest BCUT2D eigenvalue weighted by Crippen LogP contribution is -2.05. The summed E-state index contributed by atoms with van der Waals surface area (Å²) in [4.78, 5) is 16.3. The summed E-state index contributed by atoms with van der Waals surface area (Å²) >= 11 is 3.49. The first kappa shape index (κ1) is 13.8. The number of esters is 1. The molecule has 0 aliphatic carbocycles. The Bertz CT molecular complexity index is 816. The third kappa shape index (κ3) is 2.54. The van der Waals surface area contributed by atoms with E-state index in [1.807, 2.05) is 48.5 Å². The highest BCUT2D eigenvalue weighted by Gasteiger charge is 2.14. The van der Waals surface area contributed by atoms with Crippen molar-refractivity contribution in [2.75, 3.05) is 7.11 Å². The van der Waals surface area contributed by atoms with Gasteiger partial charge in [0, 0.05) is 9.86 Å². The van der Waals surface area contributed by atoms with E-state index in [2.05, 4.69) is 20.9 Å². The molecule has 0 atom stereocenters. The first-order chi connectivity index (χ1) is 10.2. The van der Waals surface area contributed by atoms with Gasteiger partial charge in [0.15, 0.2) is 0 Å². The van der Waals surface area contributed by atoms with E-state index in [-0.39, 0.29) is 0 Å². The average Bonchev–Trinajstić information content (AvgIpc) is 2.54. The standard InChI is InChI=1S/C17H12BrNO2/c1-21-17(20)15-10-13(11-6-3-2-4-7-11)12-8-5-9-14(18)16(12)19-15/h2-10H,1H3. The van der Waals surface area contributed by atoms with E-state index in [0.29, 0.717) is 5.69 Å². The van der Waals surface area contributed by atoms with Crippen molar-refractivity contribution in [3.63, 3.8) is 0 Å². The molecule has 0 amide bonds. The zero-order valence-corrected chi connectivity index (χ0v) is 12.9. The second-order valence-electron chi connectivity index (χ2n) is 4.55. The highest BCUT2D eigenvalue weighted by molar-refractivity contribution is 9.10. The number of carbonyl (C=O) groups excluding carboxylic acids is 1. The van der Waals surface area contributed by atoms with Crippen LogP contribution >= 0.6 is 15.9 Å². The van der Waals surface area contributed by atoms with E-state index in [1.54, 1.807) is 6.07 Å². The van der Waals surface area contributed by atoms with Crippen LogP contribution in [0.2, 0.25) is 0 Å². The van der Waals surface area contributed by atoms with Crippen LogP contribution in [0.25, 0.3) is 22.0 Å². The number of para-hydroxylation sites is 1. The number of methoxy groups -OCH3 is 1. The van der Waals surface area contributed by atoms with Crippen molar-refractivity contribution < 1.29 is 9.53 Å². The van der Waals surface area contributed by atoms with Crippen LogP contribution in [0.3, 0.4) is 0 Å². The smallest absolute Gasteiger partial charge is 0.356 e. The largest absolute Gasteiger partial charge is 0.464 e. The Morgan fingerprint density at radius 3 is 2.57 bits per heavy atom. The highest BCUT2D eigenvalue weighted by Crippen LogP contribution is 2.32. The second-order valence-corrected chi connectivity index (χ2v) is 5.40. The Balaban J connectivity index is 2.36. The number of hydrogen-bond acceptors (Lipinski definition) is 3. The van der Waals surface area contributed by atoms with E-state index in [4.69, 9.17) is 4.74 Å². The zero-order valence-electron chi connectivity index (χ0n) is 11.3. The Kier molecular flexibility index (Phi) is 3.71. The number of rotatable bonds is 2. The number of halogens is 1. The summed E-state index contributed by atoms with van der Waals surface area (Å²) in [5, 5.41) is 0.989. The molecular formula is C17H12BrNO2. The van der Waals surface area contributed by atoms with Gasteiger partial charge in [-0.2, -0.15) is 0 Å². The molecule has 3 nitrogen and oxygen atoms in total. The summed E-state index contributed by atoms with van der Waals surface area (Å²) in [6.07, 6.45) is 0. The van der Waals surface area contributed by atoms with Gasteiger partial charge >= 0.3 is 5.97 Å². The van der Waals surface area contributed by atoms with Crippen molar-refractivity contribution in [1.29, 1.82) is 0 Å². The molecule has 4 heteroatoms. The molecule has 3 aromatic rings. The fourth-order valence-corrected chi connectivity index (χ4v) is 2.73. The maximum absolute atomic E-state index is 11.9. The van der Waals surface area contributed by atoms with Crippen LogP contribution in [0.1, 0.15) is 10.5 Å². The molecule has 104 valence electrons. The second kappa shape index (κ2) is 5.66. The quantitative estimate of drug-likeness (QED) is 0.646. The minimum Gasteiger partial charge on any atom is -0.464 e. The predicted molar refractivity (Wildman–Crippen MR) is 86.2 cm³/mol. The lowest BCUT2D eigenvalue weighted by molar-refractivity contribution is 0.0594. The third-order valence-corrected chi connectivity index (χ3v) is 3.91. The van der Waals surface area contributed by atoms with Crippen molar-refractivity contribution in [3.8, 4) is 11.1 Å². The number of hydrogen-bond donors (Lipinski definition) is 0. The van der Waals surface area contributed by atoms with Crippen molar-refractivity contribution in [3.05, 3.63) is 64.8 Å². The molecule has 0 radical (unpaired) electrons. The molecule has 0 fully saturated rings. The van der Waals surface area contributed by atoms with Crippen molar-refractivity contribution in [2.24, 2.45) is 0 Å². The first-order valence-corrected chi connectivity index (χ1v) is 7.23. The molecule has 2 aromatic carbocycles. The molecule has 0 aliphatic heterocycles. The summed E-state index contributed by atoms with van der Waals surface area (Å²) in [6.45, 7) is 0. The van der Waals surface area contributed by atoms with Gasteiger partial charge in [0.05, 0.1) is 12.6 Å². The minimum atomic E-state index is -0.440. The average molecular weight is 342 g/mol. The summed E-state index contributed by atoms with van der Waals surface area (Å²) in [7, 11) is 1.36. The van der Waals surface area contributed by atoms with Gasteiger partial charge in [0.1, 0.15) is 5.69 Å². The molecule has 0 saturated heterocycles. The van der Waals surface area contributed by atoms with E-state index in [0.717, 1.165) is 26.5 Å². The highest BCUT2D eigenvalue weighted by atomic mass is 79.9. The van der Waals surface area contributed by atoms with Crippen LogP contribution in [-0.4, -0.2) is 18.1 Å². The van der Waals surface area contributed by atoms with Crippen molar-refractivity contribution in [1.82, 2.24) is 4.98 Å². The van der Waals surface area contributed by atoms with E-state index in [9.17, 15) is 4.79 Å². The van der Waals surface area contributed by atoms with Gasteiger partial charge in [-0.3, -0.25) is 0 Å². The third-order valence-electron chi connectivity index (χ3n) is 3.27. The number of benzene rings is 2. The van der Waals surface area contributed by atoms with Crippen LogP contribution in [0.15, 0.2) is 59.1 Å². The van der Waals surface area contributed by atoms with Crippen molar-refractivity contribution >= 4 is 32.8 Å². The molecule has 0 N–H and O–H groups in total. The van der Waals surface area contributed by atoms with Crippen LogP contribution in [0.4, 0.5) is 0 Å². The Morgan fingerprint density at radius 1 is 1.10 bits per heavy atom. The predicted octanol–water partition coefficient (Wildman–Crippen LogP) is 4.45. The maximum atomic E-state index is 11.9. The normalized spacial score (nSPS) is 10.6. The van der Waals surface area contributed by atoms with Gasteiger partial charge in [0.25, 0.3) is 0 Å². The molecule has 0 unspecified atom stereocenters. The molecule has 21 heavy (non-hydrogen) atoms. The molecule has 0 saturated carbocycles. The van der Waals surface area contributed by atoms with E-state index in [1.165, 1.54) is 7.11 Å². The molecule has 0 aliphatic rings. The SMILES string of the molecule is COC(=O)c1cc(-c2ccccc2)c2cccc(Br)c2n1. The van der Waals surface area contributed by atoms with Gasteiger partial charge in [-0.05, 0) is 39.2 Å². The topological polar surface area (TPSA) is 39.2 Å². The van der Waals surface area contributed by atoms with Gasteiger partial charge in [-0.1, -0.05) is 42.5 Å². The number of fused-ring (bicyclic) bond motifs is 1. The Labute approximate surface area is 130 Å². The summed E-state index contributed by atoms with van der Waals surface area (Å²) in [5.74, 6) is -0.440. The lowest BCUT2D eigenvalue weighted by Gasteiger charge is -2.10. The number of ether oxygens (including phenoxy) is 1. The van der Waals surface area contributed by atoms with Crippen LogP contribution < -0.4 is 0 Å². The van der Waals surface area contributed by atoms with Crippen LogP contribution in [-0.2, 0) is 4.74 Å². The summed E-state index contributed by atoms with van der Waals surface area (Å²) in [5.41, 5.74) is 3.05. The monoisotopic (exact) mass is 341 g/mol. The lowest BCUT2D eigenvalue weighted by atomic mass is 10.0. The van der Waals surface area contributed by atoms with Gasteiger partial charge < -0.3 is 4.74 Å². The van der Waals surface area contributed by atoms with Gasteiger partial charge in [-0.25, -0.2) is 9.78 Å². The molecule has 0 spiro atoms. The van der Waals surface area contributed by atoms with Gasteiger partial charge in [-0.15, -0.1) is 0 Å². The van der Waals surface area contributed by atoms with E-state index < -0.39 is 5.97 Å². The van der Waals surface area contributed by atoms with Crippen molar-refractivity contribution in [2.45, 2.75) is 0 Å². The zero-order chi connectivity index (χ0) is 14.8. The fraction of sp³-hybridized carbons (Fsp3) is 0.0588.